The third-order valence-corrected chi connectivity index (χ3v) is 3.08. The summed E-state index contributed by atoms with van der Waals surface area (Å²) < 4.78 is 39.4. The lowest BCUT2D eigenvalue weighted by atomic mass is 10.2. The van der Waals surface area contributed by atoms with Gasteiger partial charge in [0.1, 0.15) is 10.8 Å². The molecule has 3 N–H and O–H groups in total. The van der Waals surface area contributed by atoms with Gasteiger partial charge in [-0.2, -0.15) is 0 Å². The molecule has 104 valence electrons. The first-order chi connectivity index (χ1) is 9.38. The van der Waals surface area contributed by atoms with Crippen molar-refractivity contribution in [3.8, 4) is 0 Å². The summed E-state index contributed by atoms with van der Waals surface area (Å²) in [6, 6.07) is 5.74. The summed E-state index contributed by atoms with van der Waals surface area (Å²) >= 11 is 10.8. The van der Waals surface area contributed by atoms with Gasteiger partial charge < -0.3 is 11.1 Å². The number of nitrogens with two attached hydrogens (primary N) is 1. The minimum Gasteiger partial charge on any atom is -0.389 e. The summed E-state index contributed by atoms with van der Waals surface area (Å²) in [5.74, 6) is -3.36. The first kappa shape index (κ1) is 14.6. The van der Waals surface area contributed by atoms with Crippen LogP contribution in [-0.2, 0) is 0 Å². The number of thiocarbonyl (C=S) groups is 1. The molecular weight excluding hydrogens is 309 g/mol. The fourth-order valence-electron chi connectivity index (χ4n) is 1.53. The van der Waals surface area contributed by atoms with Crippen molar-refractivity contribution in [2.75, 3.05) is 5.32 Å². The zero-order valence-electron chi connectivity index (χ0n) is 9.88. The molecule has 0 bridgehead atoms. The smallest absolute Gasteiger partial charge is 0.161 e. The van der Waals surface area contributed by atoms with Crippen LogP contribution in [0, 0.1) is 17.5 Å². The lowest BCUT2D eigenvalue weighted by Crippen LogP contribution is -2.09. The Labute approximate surface area is 123 Å². The van der Waals surface area contributed by atoms with Crippen LogP contribution in [0.15, 0.2) is 30.3 Å². The molecule has 20 heavy (non-hydrogen) atoms. The lowest BCUT2D eigenvalue weighted by Gasteiger charge is -2.11. The molecule has 0 saturated heterocycles. The normalized spacial score (nSPS) is 10.4. The molecule has 0 aliphatic heterocycles. The van der Waals surface area contributed by atoms with Gasteiger partial charge in [-0.25, -0.2) is 13.2 Å². The van der Waals surface area contributed by atoms with Crippen molar-refractivity contribution < 1.29 is 13.2 Å². The Hall–Kier alpha value is -1.79. The van der Waals surface area contributed by atoms with E-state index in [0.717, 1.165) is 0 Å². The van der Waals surface area contributed by atoms with E-state index in [0.29, 0.717) is 23.4 Å². The minimum absolute atomic E-state index is 0.164. The first-order valence-electron chi connectivity index (χ1n) is 5.39. The molecule has 0 heterocycles. The van der Waals surface area contributed by atoms with E-state index >= 15 is 0 Å². The average Bonchev–Trinajstić information content (AvgIpc) is 2.37. The third kappa shape index (κ3) is 3.02. The SMILES string of the molecule is NC(=S)c1ccc(Nc2cc(F)c(F)cc2F)c(Cl)c1. The third-order valence-electron chi connectivity index (χ3n) is 2.53. The standard InChI is InChI=1S/C13H8ClF3N2S/c14-7-3-6(13(18)20)1-2-11(7)19-12-5-9(16)8(15)4-10(12)17/h1-5,19H,(H2,18,20). The molecule has 0 radical (unpaired) electrons. The fourth-order valence-corrected chi connectivity index (χ4v) is 1.89. The molecule has 2 rings (SSSR count). The van der Waals surface area contributed by atoms with Crippen LogP contribution >= 0.6 is 23.8 Å². The largest absolute Gasteiger partial charge is 0.389 e. The van der Waals surface area contributed by atoms with E-state index in [1.165, 1.54) is 12.1 Å². The molecule has 0 saturated carbocycles. The van der Waals surface area contributed by atoms with Crippen molar-refractivity contribution in [1.29, 1.82) is 0 Å². The number of anilines is 2. The summed E-state index contributed by atoms with van der Waals surface area (Å²) in [7, 11) is 0. The van der Waals surface area contributed by atoms with Gasteiger partial charge in [0, 0.05) is 17.7 Å². The topological polar surface area (TPSA) is 38.0 Å². The lowest BCUT2D eigenvalue weighted by molar-refractivity contribution is 0.496. The maximum atomic E-state index is 13.5. The molecule has 2 aromatic carbocycles. The Morgan fingerprint density at radius 2 is 1.65 bits per heavy atom. The molecule has 0 aliphatic carbocycles. The van der Waals surface area contributed by atoms with Gasteiger partial charge in [0.25, 0.3) is 0 Å². The molecule has 0 fully saturated rings. The Bertz CT molecular complexity index is 692. The van der Waals surface area contributed by atoms with E-state index in [2.05, 4.69) is 5.32 Å². The zero-order valence-corrected chi connectivity index (χ0v) is 11.5. The van der Waals surface area contributed by atoms with E-state index in [1.54, 1.807) is 6.07 Å². The Morgan fingerprint density at radius 1 is 1.00 bits per heavy atom. The molecular formula is C13H8ClF3N2S. The van der Waals surface area contributed by atoms with Gasteiger partial charge in [0.15, 0.2) is 11.6 Å². The molecule has 0 atom stereocenters. The van der Waals surface area contributed by atoms with Gasteiger partial charge in [-0.3, -0.25) is 0 Å². The van der Waals surface area contributed by atoms with Crippen molar-refractivity contribution in [3.63, 3.8) is 0 Å². The molecule has 7 heteroatoms. The monoisotopic (exact) mass is 316 g/mol. The van der Waals surface area contributed by atoms with Crippen molar-refractivity contribution in [1.82, 2.24) is 0 Å². The Kier molecular flexibility index (Phi) is 4.15. The summed E-state index contributed by atoms with van der Waals surface area (Å²) in [6.45, 7) is 0. The summed E-state index contributed by atoms with van der Waals surface area (Å²) in [4.78, 5) is 0.164. The zero-order chi connectivity index (χ0) is 14.9. The second-order valence-corrected chi connectivity index (χ2v) is 4.78. The van der Waals surface area contributed by atoms with Crippen LogP contribution in [0.4, 0.5) is 24.5 Å². The quantitative estimate of drug-likeness (QED) is 0.660. The molecule has 0 unspecified atom stereocenters. The predicted molar refractivity (Wildman–Crippen MR) is 76.9 cm³/mol. The number of nitrogens with one attached hydrogen (secondary N) is 1. The van der Waals surface area contributed by atoms with Crippen LogP contribution in [0.25, 0.3) is 0 Å². The van der Waals surface area contributed by atoms with Gasteiger partial charge in [-0.05, 0) is 18.2 Å². The van der Waals surface area contributed by atoms with Crippen molar-refractivity contribution in [2.45, 2.75) is 0 Å². The van der Waals surface area contributed by atoms with Crippen molar-refractivity contribution in [3.05, 3.63) is 58.4 Å². The van der Waals surface area contributed by atoms with Crippen molar-refractivity contribution >= 4 is 40.2 Å². The maximum Gasteiger partial charge on any atom is 0.161 e. The summed E-state index contributed by atoms with van der Waals surface area (Å²) in [5, 5.41) is 2.80. The van der Waals surface area contributed by atoms with Gasteiger partial charge in [0.05, 0.1) is 16.4 Å². The van der Waals surface area contributed by atoms with E-state index in [9.17, 15) is 13.2 Å². The fraction of sp³-hybridized carbons (Fsp3) is 0. The number of benzene rings is 2. The van der Waals surface area contributed by atoms with Crippen molar-refractivity contribution in [2.24, 2.45) is 5.73 Å². The Morgan fingerprint density at radius 3 is 2.25 bits per heavy atom. The average molecular weight is 317 g/mol. The number of hydrogen-bond donors (Lipinski definition) is 2. The summed E-state index contributed by atoms with van der Waals surface area (Å²) in [5.41, 5.74) is 6.08. The van der Waals surface area contributed by atoms with Crippen LogP contribution in [0.3, 0.4) is 0 Å². The van der Waals surface area contributed by atoms with E-state index in [4.69, 9.17) is 29.6 Å². The van der Waals surface area contributed by atoms with Gasteiger partial charge in [-0.1, -0.05) is 23.8 Å². The maximum absolute atomic E-state index is 13.5. The number of hydrogen-bond acceptors (Lipinski definition) is 2. The Balaban J connectivity index is 2.35. The van der Waals surface area contributed by atoms with Crippen LogP contribution in [0.1, 0.15) is 5.56 Å². The van der Waals surface area contributed by atoms with Gasteiger partial charge in [0.2, 0.25) is 0 Å². The second-order valence-electron chi connectivity index (χ2n) is 3.93. The number of rotatable bonds is 3. The van der Waals surface area contributed by atoms with Gasteiger partial charge >= 0.3 is 0 Å². The highest BCUT2D eigenvalue weighted by Gasteiger charge is 2.11. The molecule has 2 aromatic rings. The predicted octanol–water partition coefficient (Wildman–Crippen LogP) is 4.14. The van der Waals surface area contributed by atoms with E-state index in [1.807, 2.05) is 0 Å². The van der Waals surface area contributed by atoms with Crippen LogP contribution in [-0.4, -0.2) is 4.99 Å². The van der Waals surface area contributed by atoms with Crippen LogP contribution < -0.4 is 11.1 Å². The molecule has 0 aromatic heterocycles. The molecule has 2 nitrogen and oxygen atoms in total. The number of halogens is 4. The molecule has 0 amide bonds. The molecule has 0 spiro atoms. The van der Waals surface area contributed by atoms with Crippen LogP contribution in [0.2, 0.25) is 5.02 Å². The highest BCUT2D eigenvalue weighted by Crippen LogP contribution is 2.28. The summed E-state index contributed by atoms with van der Waals surface area (Å²) in [6.07, 6.45) is 0. The highest BCUT2D eigenvalue weighted by molar-refractivity contribution is 7.80. The highest BCUT2D eigenvalue weighted by atomic mass is 35.5. The molecule has 0 aliphatic rings. The van der Waals surface area contributed by atoms with E-state index < -0.39 is 17.5 Å². The van der Waals surface area contributed by atoms with E-state index in [-0.39, 0.29) is 15.7 Å². The second kappa shape index (κ2) is 5.68. The first-order valence-corrected chi connectivity index (χ1v) is 6.18. The van der Waals surface area contributed by atoms with Gasteiger partial charge in [-0.15, -0.1) is 0 Å². The minimum atomic E-state index is -1.26. The van der Waals surface area contributed by atoms with Crippen LogP contribution in [0.5, 0.6) is 0 Å².